The van der Waals surface area contributed by atoms with Crippen LogP contribution in [-0.4, -0.2) is 63.5 Å². The second kappa shape index (κ2) is 9.61. The minimum absolute atomic E-state index is 0.0467. The van der Waals surface area contributed by atoms with Gasteiger partial charge in [-0.25, -0.2) is 9.78 Å². The summed E-state index contributed by atoms with van der Waals surface area (Å²) < 4.78 is 43.8. The second-order valence-corrected chi connectivity index (χ2v) is 7.74. The van der Waals surface area contributed by atoms with Crippen molar-refractivity contribution in [1.82, 2.24) is 14.9 Å². The van der Waals surface area contributed by atoms with Crippen molar-refractivity contribution in [2.75, 3.05) is 19.7 Å². The first-order chi connectivity index (χ1) is 14.7. The fourth-order valence-electron chi connectivity index (χ4n) is 3.77. The lowest BCUT2D eigenvalue weighted by Crippen LogP contribution is -2.65. The molecule has 168 valence electrons. The first-order valence-electron chi connectivity index (χ1n) is 9.80. The van der Waals surface area contributed by atoms with Gasteiger partial charge < -0.3 is 14.6 Å². The van der Waals surface area contributed by atoms with Crippen LogP contribution in [0, 0.1) is 6.92 Å². The number of rotatable bonds is 4. The molecule has 2 saturated heterocycles. The molecule has 0 aliphatic carbocycles. The summed E-state index contributed by atoms with van der Waals surface area (Å²) >= 11 is 0. The Balaban J connectivity index is 0.000000339. The van der Waals surface area contributed by atoms with Crippen molar-refractivity contribution >= 4 is 5.97 Å². The van der Waals surface area contributed by atoms with Gasteiger partial charge in [-0.3, -0.25) is 9.88 Å². The van der Waals surface area contributed by atoms with Crippen LogP contribution in [0.15, 0.2) is 42.9 Å². The SMILES string of the molecule is Cc1cccc(CN2CC3(CC(Oc4cnccn4)CCO3)C2)c1.O=C(O)C(F)(F)F. The van der Waals surface area contributed by atoms with Crippen LogP contribution in [0.2, 0.25) is 0 Å². The normalized spacial score (nSPS) is 20.3. The molecule has 0 bridgehead atoms. The predicted octanol–water partition coefficient (Wildman–Crippen LogP) is 3.23. The van der Waals surface area contributed by atoms with E-state index in [1.807, 2.05) is 0 Å². The van der Waals surface area contributed by atoms with Crippen molar-refractivity contribution in [1.29, 1.82) is 0 Å². The minimum atomic E-state index is -5.08. The third kappa shape index (κ3) is 6.63. The monoisotopic (exact) mass is 439 g/mol. The number of carboxylic acids is 1. The van der Waals surface area contributed by atoms with E-state index in [4.69, 9.17) is 19.4 Å². The highest BCUT2D eigenvalue weighted by atomic mass is 19.4. The molecule has 3 heterocycles. The van der Waals surface area contributed by atoms with Gasteiger partial charge in [0.2, 0.25) is 5.88 Å². The number of aliphatic carboxylic acids is 1. The summed E-state index contributed by atoms with van der Waals surface area (Å²) in [6.07, 6.45) is 1.92. The van der Waals surface area contributed by atoms with E-state index in [0.717, 1.165) is 39.1 Å². The smallest absolute Gasteiger partial charge is 0.475 e. The molecule has 1 aromatic carbocycles. The number of ether oxygens (including phenoxy) is 2. The summed E-state index contributed by atoms with van der Waals surface area (Å²) in [4.78, 5) is 19.6. The molecule has 1 aromatic heterocycles. The number of likely N-dealkylation sites (tertiary alicyclic amines) is 1. The van der Waals surface area contributed by atoms with Crippen molar-refractivity contribution in [3.05, 3.63) is 54.0 Å². The molecule has 1 N–H and O–H groups in total. The summed E-state index contributed by atoms with van der Waals surface area (Å²) in [5.74, 6) is -2.15. The number of hydrogen-bond donors (Lipinski definition) is 1. The Hall–Kier alpha value is -2.72. The van der Waals surface area contributed by atoms with Gasteiger partial charge >= 0.3 is 12.1 Å². The van der Waals surface area contributed by atoms with Crippen LogP contribution in [0.3, 0.4) is 0 Å². The van der Waals surface area contributed by atoms with Gasteiger partial charge in [0.15, 0.2) is 0 Å². The lowest BCUT2D eigenvalue weighted by Gasteiger charge is -2.53. The van der Waals surface area contributed by atoms with Gasteiger partial charge in [0.25, 0.3) is 0 Å². The summed E-state index contributed by atoms with van der Waals surface area (Å²) in [6.45, 7) is 5.83. The van der Waals surface area contributed by atoms with Crippen LogP contribution in [0.25, 0.3) is 0 Å². The zero-order valence-corrected chi connectivity index (χ0v) is 17.0. The molecule has 0 radical (unpaired) electrons. The van der Waals surface area contributed by atoms with Crippen molar-refractivity contribution in [3.63, 3.8) is 0 Å². The number of nitrogens with zero attached hydrogens (tertiary/aromatic N) is 3. The van der Waals surface area contributed by atoms with Crippen molar-refractivity contribution in [2.45, 2.75) is 44.2 Å². The lowest BCUT2D eigenvalue weighted by molar-refractivity contribution is -0.192. The molecule has 1 spiro atoms. The highest BCUT2D eigenvalue weighted by Gasteiger charge is 2.48. The summed E-state index contributed by atoms with van der Waals surface area (Å²) in [6, 6.07) is 8.72. The molecule has 0 amide bonds. The van der Waals surface area contributed by atoms with E-state index in [1.165, 1.54) is 11.1 Å². The Morgan fingerprint density at radius 3 is 2.71 bits per heavy atom. The van der Waals surface area contributed by atoms with Crippen LogP contribution in [0.4, 0.5) is 13.2 Å². The maximum atomic E-state index is 10.6. The molecule has 2 fully saturated rings. The Kier molecular flexibility index (Phi) is 7.11. The van der Waals surface area contributed by atoms with Gasteiger partial charge in [-0.2, -0.15) is 13.2 Å². The largest absolute Gasteiger partial charge is 0.490 e. The molecular weight excluding hydrogens is 415 g/mol. The number of aromatic nitrogens is 2. The van der Waals surface area contributed by atoms with Gasteiger partial charge in [0, 0.05) is 44.9 Å². The van der Waals surface area contributed by atoms with Gasteiger partial charge in [-0.15, -0.1) is 0 Å². The Morgan fingerprint density at radius 1 is 1.35 bits per heavy atom. The summed E-state index contributed by atoms with van der Waals surface area (Å²) in [5.41, 5.74) is 2.64. The quantitative estimate of drug-likeness (QED) is 0.783. The zero-order chi connectivity index (χ0) is 22.5. The Morgan fingerprint density at radius 2 is 2.10 bits per heavy atom. The van der Waals surface area contributed by atoms with E-state index in [0.29, 0.717) is 5.88 Å². The number of carbonyl (C=O) groups is 1. The third-order valence-corrected chi connectivity index (χ3v) is 5.03. The molecular formula is C21H24F3N3O4. The molecule has 4 rings (SSSR count). The molecule has 10 heteroatoms. The fourth-order valence-corrected chi connectivity index (χ4v) is 3.77. The number of halogens is 3. The maximum Gasteiger partial charge on any atom is 0.490 e. The van der Waals surface area contributed by atoms with E-state index < -0.39 is 12.1 Å². The topological polar surface area (TPSA) is 84.8 Å². The fraction of sp³-hybridized carbons (Fsp3) is 0.476. The molecule has 7 nitrogen and oxygen atoms in total. The molecule has 2 aliphatic heterocycles. The van der Waals surface area contributed by atoms with Gasteiger partial charge in [0.1, 0.15) is 6.10 Å². The number of hydrogen-bond acceptors (Lipinski definition) is 6. The van der Waals surface area contributed by atoms with E-state index >= 15 is 0 Å². The van der Waals surface area contributed by atoms with Crippen LogP contribution < -0.4 is 4.74 Å². The minimum Gasteiger partial charge on any atom is -0.475 e. The molecule has 1 atom stereocenters. The number of carboxylic acid groups (broad SMARTS) is 1. The van der Waals surface area contributed by atoms with Crippen LogP contribution in [0.1, 0.15) is 24.0 Å². The highest BCUT2D eigenvalue weighted by Crippen LogP contribution is 2.36. The molecule has 2 aliphatic rings. The van der Waals surface area contributed by atoms with E-state index in [-0.39, 0.29) is 11.7 Å². The standard InChI is InChI=1S/C19H23N3O2.C2HF3O2/c1-15-3-2-4-16(9-15)12-22-13-19(14-22)10-17(5-8-23-19)24-18-11-20-6-7-21-18;3-2(4,5)1(6)7/h2-4,6-7,9,11,17H,5,8,10,12-14H2,1H3;(H,6,7). The van der Waals surface area contributed by atoms with Crippen LogP contribution in [-0.2, 0) is 16.1 Å². The Labute approximate surface area is 177 Å². The Bertz CT molecular complexity index is 874. The van der Waals surface area contributed by atoms with E-state index in [9.17, 15) is 13.2 Å². The molecule has 2 aromatic rings. The number of benzene rings is 1. The maximum absolute atomic E-state index is 10.6. The zero-order valence-electron chi connectivity index (χ0n) is 17.0. The van der Waals surface area contributed by atoms with Crippen LogP contribution in [0.5, 0.6) is 5.88 Å². The lowest BCUT2D eigenvalue weighted by atomic mass is 9.84. The van der Waals surface area contributed by atoms with Crippen molar-refractivity contribution in [2.24, 2.45) is 0 Å². The van der Waals surface area contributed by atoms with Crippen LogP contribution >= 0.6 is 0 Å². The third-order valence-electron chi connectivity index (χ3n) is 5.03. The summed E-state index contributed by atoms with van der Waals surface area (Å²) in [7, 11) is 0. The number of alkyl halides is 3. The van der Waals surface area contributed by atoms with Gasteiger partial charge in [-0.05, 0) is 12.5 Å². The van der Waals surface area contributed by atoms with E-state index in [1.54, 1.807) is 18.6 Å². The first kappa shape index (κ1) is 23.0. The predicted molar refractivity (Wildman–Crippen MR) is 105 cm³/mol. The first-order valence-corrected chi connectivity index (χ1v) is 9.80. The number of aryl methyl sites for hydroxylation is 1. The summed E-state index contributed by atoms with van der Waals surface area (Å²) in [5, 5.41) is 7.12. The van der Waals surface area contributed by atoms with Crippen molar-refractivity contribution < 1.29 is 32.5 Å². The van der Waals surface area contributed by atoms with E-state index in [2.05, 4.69) is 46.1 Å². The second-order valence-electron chi connectivity index (χ2n) is 7.74. The van der Waals surface area contributed by atoms with Gasteiger partial charge in [0.05, 0.1) is 18.4 Å². The average molecular weight is 439 g/mol. The highest BCUT2D eigenvalue weighted by molar-refractivity contribution is 5.73. The average Bonchev–Trinajstić information content (AvgIpc) is 2.68. The van der Waals surface area contributed by atoms with Crippen molar-refractivity contribution in [3.8, 4) is 5.88 Å². The molecule has 31 heavy (non-hydrogen) atoms. The van der Waals surface area contributed by atoms with Gasteiger partial charge in [-0.1, -0.05) is 29.8 Å². The molecule has 1 unspecified atom stereocenters. The molecule has 0 saturated carbocycles.